The Morgan fingerprint density at radius 2 is 1.96 bits per heavy atom. The molecule has 0 aliphatic heterocycles. The fourth-order valence-electron chi connectivity index (χ4n) is 3.21. The molecule has 0 aliphatic rings. The van der Waals surface area contributed by atoms with Crippen molar-refractivity contribution in [2.45, 2.75) is 39.2 Å². The van der Waals surface area contributed by atoms with Crippen molar-refractivity contribution in [3.05, 3.63) is 60.0 Å². The van der Waals surface area contributed by atoms with Crippen LogP contribution in [0.25, 0.3) is 11.2 Å². The van der Waals surface area contributed by atoms with Gasteiger partial charge in [-0.15, -0.1) is 0 Å². The average molecular weight is 336 g/mol. The van der Waals surface area contributed by atoms with E-state index in [1.807, 2.05) is 49.4 Å². The fourth-order valence-corrected chi connectivity index (χ4v) is 3.21. The molecular formula is C20H24N4O. The number of rotatable bonds is 7. The molecule has 25 heavy (non-hydrogen) atoms. The maximum absolute atomic E-state index is 12.5. The lowest BCUT2D eigenvalue weighted by molar-refractivity contribution is -0.122. The molecule has 2 heterocycles. The first kappa shape index (κ1) is 17.1. The van der Waals surface area contributed by atoms with Crippen LogP contribution in [-0.2, 0) is 17.8 Å². The van der Waals surface area contributed by atoms with Crippen molar-refractivity contribution in [2.75, 3.05) is 6.54 Å². The van der Waals surface area contributed by atoms with Gasteiger partial charge in [0.05, 0.1) is 5.92 Å². The third-order valence-corrected chi connectivity index (χ3v) is 4.47. The maximum Gasteiger partial charge on any atom is 0.227 e. The van der Waals surface area contributed by atoms with Crippen LogP contribution in [0.5, 0.6) is 0 Å². The molecule has 3 aromatic rings. The molecule has 1 amide bonds. The number of benzene rings is 1. The summed E-state index contributed by atoms with van der Waals surface area (Å²) >= 11 is 0. The van der Waals surface area contributed by atoms with Gasteiger partial charge in [0, 0.05) is 25.7 Å². The van der Waals surface area contributed by atoms with Crippen LogP contribution < -0.4 is 5.32 Å². The molecular weight excluding hydrogens is 312 g/mol. The van der Waals surface area contributed by atoms with Gasteiger partial charge in [0.1, 0.15) is 11.3 Å². The summed E-state index contributed by atoms with van der Waals surface area (Å²) in [5.41, 5.74) is 2.87. The van der Waals surface area contributed by atoms with Crippen molar-refractivity contribution in [2.24, 2.45) is 0 Å². The summed E-state index contributed by atoms with van der Waals surface area (Å²) in [5, 5.41) is 3.06. The Labute approximate surface area is 148 Å². The number of hydrogen-bond acceptors (Lipinski definition) is 3. The predicted molar refractivity (Wildman–Crippen MR) is 99.4 cm³/mol. The first-order valence-electron chi connectivity index (χ1n) is 8.87. The first-order valence-corrected chi connectivity index (χ1v) is 8.87. The van der Waals surface area contributed by atoms with E-state index >= 15 is 0 Å². The van der Waals surface area contributed by atoms with E-state index in [9.17, 15) is 4.79 Å². The summed E-state index contributed by atoms with van der Waals surface area (Å²) in [5.74, 6) is 0.933. The molecule has 5 nitrogen and oxygen atoms in total. The van der Waals surface area contributed by atoms with Gasteiger partial charge < -0.3 is 9.88 Å². The van der Waals surface area contributed by atoms with Crippen LogP contribution in [0, 0.1) is 0 Å². The van der Waals surface area contributed by atoms with E-state index in [0.29, 0.717) is 13.0 Å². The molecule has 0 bridgehead atoms. The molecule has 0 aliphatic carbocycles. The van der Waals surface area contributed by atoms with Gasteiger partial charge in [-0.2, -0.15) is 0 Å². The third kappa shape index (κ3) is 3.71. The Morgan fingerprint density at radius 3 is 2.68 bits per heavy atom. The van der Waals surface area contributed by atoms with Crippen molar-refractivity contribution in [1.29, 1.82) is 0 Å². The van der Waals surface area contributed by atoms with E-state index in [0.717, 1.165) is 35.5 Å². The maximum atomic E-state index is 12.5. The zero-order valence-electron chi connectivity index (χ0n) is 14.8. The third-order valence-electron chi connectivity index (χ3n) is 4.47. The number of nitrogens with zero attached hydrogens (tertiary/aromatic N) is 3. The van der Waals surface area contributed by atoms with Crippen molar-refractivity contribution in [3.8, 4) is 0 Å². The summed E-state index contributed by atoms with van der Waals surface area (Å²) in [6, 6.07) is 13.8. The number of carbonyl (C=O) groups excluding carboxylic acids is 1. The number of amides is 1. The fraction of sp³-hybridized carbons (Fsp3) is 0.350. The van der Waals surface area contributed by atoms with Crippen LogP contribution in [0.1, 0.15) is 37.6 Å². The van der Waals surface area contributed by atoms with Crippen molar-refractivity contribution in [1.82, 2.24) is 19.9 Å². The zero-order valence-corrected chi connectivity index (χ0v) is 14.8. The SMILES string of the molecule is CCC(C(=O)NCCc1nc2cccnc2n1CC)c1ccccc1. The van der Waals surface area contributed by atoms with Crippen molar-refractivity contribution < 1.29 is 4.79 Å². The van der Waals surface area contributed by atoms with E-state index in [1.165, 1.54) is 0 Å². The van der Waals surface area contributed by atoms with E-state index in [2.05, 4.69) is 26.8 Å². The zero-order chi connectivity index (χ0) is 17.6. The summed E-state index contributed by atoms with van der Waals surface area (Å²) < 4.78 is 2.11. The highest BCUT2D eigenvalue weighted by Crippen LogP contribution is 2.19. The number of hydrogen-bond donors (Lipinski definition) is 1. The first-order chi connectivity index (χ1) is 12.2. The van der Waals surface area contributed by atoms with Gasteiger partial charge >= 0.3 is 0 Å². The Morgan fingerprint density at radius 1 is 1.16 bits per heavy atom. The van der Waals surface area contributed by atoms with E-state index in [4.69, 9.17) is 0 Å². The number of fused-ring (bicyclic) bond motifs is 1. The van der Waals surface area contributed by atoms with Gasteiger partial charge in [0.2, 0.25) is 5.91 Å². The lowest BCUT2D eigenvalue weighted by atomic mass is 9.96. The largest absolute Gasteiger partial charge is 0.355 e. The van der Waals surface area contributed by atoms with E-state index in [-0.39, 0.29) is 11.8 Å². The standard InChI is InChI=1S/C20H24N4O/c1-3-16(15-9-6-5-7-10-15)20(25)22-14-12-18-23-17-11-8-13-21-19(17)24(18)4-2/h5-11,13,16H,3-4,12,14H2,1-2H3,(H,22,25). The van der Waals surface area contributed by atoms with Crippen molar-refractivity contribution >= 4 is 17.1 Å². The smallest absolute Gasteiger partial charge is 0.227 e. The number of imidazole rings is 1. The van der Waals surface area contributed by atoms with E-state index < -0.39 is 0 Å². The number of aromatic nitrogens is 3. The molecule has 1 aromatic carbocycles. The summed E-state index contributed by atoms with van der Waals surface area (Å²) in [6.45, 7) is 5.52. The highest BCUT2D eigenvalue weighted by molar-refractivity contribution is 5.83. The summed E-state index contributed by atoms with van der Waals surface area (Å²) in [4.78, 5) is 21.6. The van der Waals surface area contributed by atoms with Crippen LogP contribution in [0.15, 0.2) is 48.7 Å². The minimum atomic E-state index is -0.104. The van der Waals surface area contributed by atoms with Crippen molar-refractivity contribution in [3.63, 3.8) is 0 Å². The molecule has 0 spiro atoms. The second-order valence-corrected chi connectivity index (χ2v) is 6.03. The summed E-state index contributed by atoms with van der Waals surface area (Å²) in [7, 11) is 0. The second-order valence-electron chi connectivity index (χ2n) is 6.03. The molecule has 0 saturated heterocycles. The van der Waals surface area contributed by atoms with Crippen LogP contribution in [0.3, 0.4) is 0 Å². The number of nitrogens with one attached hydrogen (secondary N) is 1. The van der Waals surface area contributed by atoms with Gasteiger partial charge in [-0.1, -0.05) is 37.3 Å². The molecule has 0 radical (unpaired) electrons. The Hall–Kier alpha value is -2.69. The minimum absolute atomic E-state index is 0.0750. The Kier molecular flexibility index (Phi) is 5.43. The van der Waals surface area contributed by atoms with Gasteiger partial charge in [-0.3, -0.25) is 4.79 Å². The van der Waals surface area contributed by atoms with Crippen LogP contribution in [0.2, 0.25) is 0 Å². The molecule has 1 N–H and O–H groups in total. The van der Waals surface area contributed by atoms with Gasteiger partial charge in [-0.25, -0.2) is 9.97 Å². The Balaban J connectivity index is 1.65. The van der Waals surface area contributed by atoms with Crippen LogP contribution in [-0.4, -0.2) is 27.0 Å². The second kappa shape index (κ2) is 7.92. The molecule has 0 fully saturated rings. The minimum Gasteiger partial charge on any atom is -0.355 e. The summed E-state index contributed by atoms with van der Waals surface area (Å²) in [6.07, 6.45) is 3.27. The average Bonchev–Trinajstić information content (AvgIpc) is 3.00. The molecule has 0 saturated carbocycles. The molecule has 3 rings (SSSR count). The van der Waals surface area contributed by atoms with Crippen LogP contribution >= 0.6 is 0 Å². The molecule has 1 unspecified atom stereocenters. The molecule has 1 atom stereocenters. The lowest BCUT2D eigenvalue weighted by Crippen LogP contribution is -2.31. The Bertz CT molecular complexity index is 841. The van der Waals surface area contributed by atoms with Crippen LogP contribution in [0.4, 0.5) is 0 Å². The predicted octanol–water partition coefficient (Wildman–Crippen LogP) is 3.30. The monoisotopic (exact) mass is 336 g/mol. The molecule has 5 heteroatoms. The molecule has 130 valence electrons. The van der Waals surface area contributed by atoms with E-state index in [1.54, 1.807) is 6.20 Å². The number of carbonyl (C=O) groups is 1. The topological polar surface area (TPSA) is 59.8 Å². The lowest BCUT2D eigenvalue weighted by Gasteiger charge is -2.15. The highest BCUT2D eigenvalue weighted by atomic mass is 16.1. The van der Waals surface area contributed by atoms with Gasteiger partial charge in [0.15, 0.2) is 5.65 Å². The highest BCUT2D eigenvalue weighted by Gasteiger charge is 2.18. The number of aryl methyl sites for hydroxylation is 1. The van der Waals surface area contributed by atoms with Gasteiger partial charge in [0.25, 0.3) is 0 Å². The quantitative estimate of drug-likeness (QED) is 0.720. The van der Waals surface area contributed by atoms with Gasteiger partial charge in [-0.05, 0) is 31.0 Å². The molecule has 2 aromatic heterocycles. The normalized spacial score (nSPS) is 12.2. The number of pyridine rings is 1.